The number of amides is 1. The van der Waals surface area contributed by atoms with E-state index >= 15 is 0 Å². The molecule has 0 radical (unpaired) electrons. The van der Waals surface area contributed by atoms with Crippen molar-refractivity contribution in [3.05, 3.63) is 0 Å². The molecule has 0 spiro atoms. The van der Waals surface area contributed by atoms with Crippen LogP contribution in [0.1, 0.15) is 61.3 Å². The normalized spacial score (nSPS) is 23.9. The highest BCUT2D eigenvalue weighted by molar-refractivity contribution is 5.67. The lowest BCUT2D eigenvalue weighted by atomic mass is 9.94. The molecule has 0 aromatic rings. The van der Waals surface area contributed by atoms with Gasteiger partial charge in [0, 0.05) is 12.6 Å². The SMILES string of the molecule is CC(C)(C)OC(=O)NCCCNC1CC(C)(C)OC1(C)C. The molecule has 1 unspecified atom stereocenters. The molecule has 1 heterocycles. The highest BCUT2D eigenvalue weighted by Crippen LogP contribution is 2.37. The molecule has 124 valence electrons. The third kappa shape index (κ3) is 6.66. The van der Waals surface area contributed by atoms with Crippen LogP contribution in [0.3, 0.4) is 0 Å². The van der Waals surface area contributed by atoms with Gasteiger partial charge in [-0.05, 0) is 67.9 Å². The fourth-order valence-corrected chi connectivity index (χ4v) is 2.75. The molecule has 1 aliphatic heterocycles. The number of alkyl carbamates (subject to hydrolysis) is 1. The van der Waals surface area contributed by atoms with Crippen LogP contribution in [0.2, 0.25) is 0 Å². The lowest BCUT2D eigenvalue weighted by Gasteiger charge is -2.28. The van der Waals surface area contributed by atoms with Gasteiger partial charge in [0.2, 0.25) is 0 Å². The van der Waals surface area contributed by atoms with Gasteiger partial charge in [0.1, 0.15) is 5.60 Å². The molecule has 1 rings (SSSR count). The summed E-state index contributed by atoms with van der Waals surface area (Å²) < 4.78 is 11.2. The van der Waals surface area contributed by atoms with E-state index in [9.17, 15) is 4.79 Å². The quantitative estimate of drug-likeness (QED) is 0.767. The zero-order valence-corrected chi connectivity index (χ0v) is 14.6. The van der Waals surface area contributed by atoms with E-state index in [2.05, 4.69) is 38.3 Å². The second-order valence-corrected chi connectivity index (χ2v) is 7.96. The molecular formula is C16H32N2O3. The van der Waals surface area contributed by atoms with Gasteiger partial charge in [0.05, 0.1) is 11.2 Å². The number of nitrogens with one attached hydrogen (secondary N) is 2. The van der Waals surface area contributed by atoms with Gasteiger partial charge in [-0.1, -0.05) is 0 Å². The van der Waals surface area contributed by atoms with Crippen LogP contribution >= 0.6 is 0 Å². The molecule has 0 aromatic carbocycles. The van der Waals surface area contributed by atoms with E-state index in [0.29, 0.717) is 12.6 Å². The van der Waals surface area contributed by atoms with Crippen molar-refractivity contribution in [2.75, 3.05) is 13.1 Å². The predicted molar refractivity (Wildman–Crippen MR) is 84.5 cm³/mol. The maximum Gasteiger partial charge on any atom is 0.407 e. The van der Waals surface area contributed by atoms with E-state index in [-0.39, 0.29) is 17.3 Å². The predicted octanol–water partition coefficient (Wildman–Crippen LogP) is 2.84. The lowest BCUT2D eigenvalue weighted by Crippen LogP contribution is -2.44. The van der Waals surface area contributed by atoms with E-state index in [1.807, 2.05) is 20.8 Å². The molecule has 1 aliphatic rings. The van der Waals surface area contributed by atoms with Crippen molar-refractivity contribution < 1.29 is 14.3 Å². The molecule has 0 aliphatic carbocycles. The first-order valence-corrected chi connectivity index (χ1v) is 7.82. The third-order valence-electron chi connectivity index (χ3n) is 3.49. The Labute approximate surface area is 129 Å². The number of carbonyl (C=O) groups is 1. The van der Waals surface area contributed by atoms with Crippen LogP contribution in [0.4, 0.5) is 4.79 Å². The van der Waals surface area contributed by atoms with Crippen LogP contribution < -0.4 is 10.6 Å². The summed E-state index contributed by atoms with van der Waals surface area (Å²) in [6.07, 6.45) is 1.51. The lowest BCUT2D eigenvalue weighted by molar-refractivity contribution is -0.0697. The summed E-state index contributed by atoms with van der Waals surface area (Å²) in [7, 11) is 0. The average molecular weight is 300 g/mol. The Morgan fingerprint density at radius 1 is 1.24 bits per heavy atom. The zero-order chi connectivity index (χ0) is 16.3. The minimum Gasteiger partial charge on any atom is -0.444 e. The summed E-state index contributed by atoms with van der Waals surface area (Å²) >= 11 is 0. The molecule has 0 aromatic heterocycles. The first kappa shape index (κ1) is 18.2. The summed E-state index contributed by atoms with van der Waals surface area (Å²) in [5, 5.41) is 6.30. The van der Waals surface area contributed by atoms with Crippen LogP contribution in [0.15, 0.2) is 0 Å². The minimum absolute atomic E-state index is 0.0735. The average Bonchev–Trinajstić information content (AvgIpc) is 2.43. The van der Waals surface area contributed by atoms with Crippen molar-refractivity contribution >= 4 is 6.09 Å². The highest BCUT2D eigenvalue weighted by Gasteiger charge is 2.45. The third-order valence-corrected chi connectivity index (χ3v) is 3.49. The largest absolute Gasteiger partial charge is 0.444 e. The molecule has 5 nitrogen and oxygen atoms in total. The van der Waals surface area contributed by atoms with Crippen LogP contribution in [0.5, 0.6) is 0 Å². The molecule has 0 saturated carbocycles. The van der Waals surface area contributed by atoms with Crippen LogP contribution in [0, 0.1) is 0 Å². The van der Waals surface area contributed by atoms with E-state index in [4.69, 9.17) is 9.47 Å². The summed E-state index contributed by atoms with van der Waals surface area (Å²) in [5.41, 5.74) is -0.669. The molecule has 1 fully saturated rings. The Balaban J connectivity index is 2.19. The van der Waals surface area contributed by atoms with Gasteiger partial charge in [0.15, 0.2) is 0 Å². The Kier molecular flexibility index (Phi) is 5.67. The molecule has 1 saturated heterocycles. The van der Waals surface area contributed by atoms with Crippen molar-refractivity contribution in [1.82, 2.24) is 10.6 Å². The number of hydrogen-bond acceptors (Lipinski definition) is 4. The topological polar surface area (TPSA) is 59.6 Å². The number of hydrogen-bond donors (Lipinski definition) is 2. The fourth-order valence-electron chi connectivity index (χ4n) is 2.75. The van der Waals surface area contributed by atoms with Gasteiger partial charge in [0.25, 0.3) is 0 Å². The maximum absolute atomic E-state index is 11.5. The Morgan fingerprint density at radius 2 is 1.86 bits per heavy atom. The van der Waals surface area contributed by atoms with Crippen molar-refractivity contribution in [3.63, 3.8) is 0 Å². The van der Waals surface area contributed by atoms with Gasteiger partial charge in [-0.3, -0.25) is 0 Å². The van der Waals surface area contributed by atoms with Gasteiger partial charge < -0.3 is 20.1 Å². The summed E-state index contributed by atoms with van der Waals surface area (Å²) in [5.74, 6) is 0. The molecule has 1 amide bonds. The maximum atomic E-state index is 11.5. The van der Waals surface area contributed by atoms with Gasteiger partial charge in [-0.2, -0.15) is 0 Å². The van der Waals surface area contributed by atoms with E-state index < -0.39 is 5.60 Å². The molecule has 2 N–H and O–H groups in total. The Morgan fingerprint density at radius 3 is 2.33 bits per heavy atom. The van der Waals surface area contributed by atoms with Crippen LogP contribution in [-0.4, -0.2) is 42.0 Å². The van der Waals surface area contributed by atoms with Crippen LogP contribution in [0.25, 0.3) is 0 Å². The molecule has 5 heteroatoms. The monoisotopic (exact) mass is 300 g/mol. The van der Waals surface area contributed by atoms with Crippen molar-refractivity contribution in [1.29, 1.82) is 0 Å². The van der Waals surface area contributed by atoms with E-state index in [0.717, 1.165) is 19.4 Å². The standard InChI is InChI=1S/C16H32N2O3/c1-14(2,3)20-13(19)18-10-8-9-17-12-11-15(4,5)21-16(12,6)7/h12,17H,8-11H2,1-7H3,(H,18,19). The van der Waals surface area contributed by atoms with Crippen molar-refractivity contribution in [3.8, 4) is 0 Å². The minimum atomic E-state index is -0.445. The van der Waals surface area contributed by atoms with Gasteiger partial charge >= 0.3 is 6.09 Å². The van der Waals surface area contributed by atoms with Gasteiger partial charge in [-0.25, -0.2) is 4.79 Å². The Bertz CT molecular complexity index is 359. The van der Waals surface area contributed by atoms with Gasteiger partial charge in [-0.15, -0.1) is 0 Å². The van der Waals surface area contributed by atoms with Crippen LogP contribution in [-0.2, 0) is 9.47 Å². The summed E-state index contributed by atoms with van der Waals surface area (Å²) in [6, 6.07) is 0.342. The van der Waals surface area contributed by atoms with Crippen molar-refractivity contribution in [2.24, 2.45) is 0 Å². The molecule has 0 bridgehead atoms. The molecule has 21 heavy (non-hydrogen) atoms. The second-order valence-electron chi connectivity index (χ2n) is 7.96. The smallest absolute Gasteiger partial charge is 0.407 e. The number of ether oxygens (including phenoxy) is 2. The number of rotatable bonds is 5. The van der Waals surface area contributed by atoms with Crippen molar-refractivity contribution in [2.45, 2.75) is 84.2 Å². The zero-order valence-electron chi connectivity index (χ0n) is 14.6. The second kappa shape index (κ2) is 6.53. The Hall–Kier alpha value is -0.810. The van der Waals surface area contributed by atoms with E-state index in [1.54, 1.807) is 0 Å². The fraction of sp³-hybridized carbons (Fsp3) is 0.938. The molecular weight excluding hydrogens is 268 g/mol. The summed E-state index contributed by atoms with van der Waals surface area (Å²) in [6.45, 7) is 15.5. The summed E-state index contributed by atoms with van der Waals surface area (Å²) in [4.78, 5) is 11.5. The first-order chi connectivity index (χ1) is 9.41. The molecule has 1 atom stereocenters. The number of carbonyl (C=O) groups excluding carboxylic acids is 1. The van der Waals surface area contributed by atoms with E-state index in [1.165, 1.54) is 0 Å². The highest BCUT2D eigenvalue weighted by atomic mass is 16.6. The first-order valence-electron chi connectivity index (χ1n) is 7.82.